The Morgan fingerprint density at radius 1 is 1.08 bits per heavy atom. The molecule has 2 heterocycles. The Bertz CT molecular complexity index is 704. The van der Waals surface area contributed by atoms with Crippen LogP contribution in [0.15, 0.2) is 48.8 Å². The number of methoxy groups -OCH3 is 1. The molecule has 0 atom stereocenters. The van der Waals surface area contributed by atoms with Crippen LogP contribution in [0.25, 0.3) is 0 Å². The van der Waals surface area contributed by atoms with Gasteiger partial charge in [0.1, 0.15) is 0 Å². The topological polar surface area (TPSA) is 63.6 Å². The van der Waals surface area contributed by atoms with Gasteiger partial charge >= 0.3 is 12.0 Å². The minimum atomic E-state index is -0.461. The number of urea groups is 1. The first kappa shape index (κ1) is 16.1. The van der Waals surface area contributed by atoms with Crippen molar-refractivity contribution in [1.29, 1.82) is 0 Å². The van der Waals surface area contributed by atoms with Crippen molar-refractivity contribution in [2.75, 3.05) is 25.5 Å². The highest BCUT2D eigenvalue weighted by Gasteiger charge is 2.24. The summed E-state index contributed by atoms with van der Waals surface area (Å²) >= 11 is 0. The van der Waals surface area contributed by atoms with Crippen LogP contribution in [-0.4, -0.2) is 41.7 Å². The van der Waals surface area contributed by atoms with Crippen molar-refractivity contribution >= 4 is 17.7 Å². The summed E-state index contributed by atoms with van der Waals surface area (Å²) in [5.74, 6) is -0.461. The van der Waals surface area contributed by atoms with E-state index in [-0.39, 0.29) is 6.03 Å². The minimum absolute atomic E-state index is 0.183. The minimum Gasteiger partial charge on any atom is -0.465 e. The van der Waals surface area contributed by atoms with Crippen molar-refractivity contribution in [3.8, 4) is 0 Å². The first-order valence-corrected chi connectivity index (χ1v) is 8.05. The van der Waals surface area contributed by atoms with Crippen molar-refractivity contribution in [3.05, 3.63) is 54.4 Å². The van der Waals surface area contributed by atoms with E-state index in [4.69, 9.17) is 4.74 Å². The third-order valence-electron chi connectivity index (χ3n) is 4.37. The SMILES string of the molecule is COC(=O)c1ccccc1NC(=O)N1CCC(n2cccc2)CC1. The molecule has 2 amide bonds. The fourth-order valence-electron chi connectivity index (χ4n) is 3.03. The van der Waals surface area contributed by atoms with Crippen molar-refractivity contribution in [3.63, 3.8) is 0 Å². The quantitative estimate of drug-likeness (QED) is 0.881. The molecule has 1 aromatic heterocycles. The summed E-state index contributed by atoms with van der Waals surface area (Å²) in [5.41, 5.74) is 0.831. The van der Waals surface area contributed by atoms with Crippen LogP contribution >= 0.6 is 0 Å². The number of likely N-dealkylation sites (tertiary alicyclic amines) is 1. The van der Waals surface area contributed by atoms with Crippen LogP contribution in [0.1, 0.15) is 29.2 Å². The van der Waals surface area contributed by atoms with E-state index in [1.807, 2.05) is 12.1 Å². The van der Waals surface area contributed by atoms with Gasteiger partial charge in [-0.15, -0.1) is 0 Å². The number of nitrogens with one attached hydrogen (secondary N) is 1. The van der Waals surface area contributed by atoms with Gasteiger partial charge in [0.15, 0.2) is 0 Å². The molecular formula is C18H21N3O3. The second kappa shape index (κ2) is 7.21. The lowest BCUT2D eigenvalue weighted by atomic mass is 10.1. The summed E-state index contributed by atoms with van der Waals surface area (Å²) in [6, 6.07) is 11.1. The van der Waals surface area contributed by atoms with Crippen molar-refractivity contribution in [2.24, 2.45) is 0 Å². The van der Waals surface area contributed by atoms with E-state index in [0.717, 1.165) is 12.8 Å². The van der Waals surface area contributed by atoms with Gasteiger partial charge in [-0.3, -0.25) is 0 Å². The average molecular weight is 327 g/mol. The zero-order valence-corrected chi connectivity index (χ0v) is 13.6. The zero-order valence-electron chi connectivity index (χ0n) is 13.6. The van der Waals surface area contributed by atoms with Gasteiger partial charge in [0.2, 0.25) is 0 Å². The molecule has 24 heavy (non-hydrogen) atoms. The predicted molar refractivity (Wildman–Crippen MR) is 91.1 cm³/mol. The molecule has 1 fully saturated rings. The summed E-state index contributed by atoms with van der Waals surface area (Å²) in [6.45, 7) is 1.38. The number of aromatic nitrogens is 1. The molecule has 0 bridgehead atoms. The van der Waals surface area contributed by atoms with E-state index in [2.05, 4.69) is 22.3 Å². The summed E-state index contributed by atoms with van der Waals surface area (Å²) in [7, 11) is 1.33. The molecule has 0 spiro atoms. The number of carbonyl (C=O) groups is 2. The number of anilines is 1. The number of ether oxygens (including phenoxy) is 1. The molecule has 0 radical (unpaired) electrons. The number of para-hydroxylation sites is 1. The molecule has 126 valence electrons. The lowest BCUT2D eigenvalue weighted by Gasteiger charge is -2.32. The molecule has 1 saturated heterocycles. The van der Waals surface area contributed by atoms with Gasteiger partial charge in [-0.05, 0) is 37.1 Å². The maximum Gasteiger partial charge on any atom is 0.339 e. The Labute approximate surface area is 141 Å². The Morgan fingerprint density at radius 2 is 1.75 bits per heavy atom. The second-order valence-electron chi connectivity index (χ2n) is 5.82. The lowest BCUT2D eigenvalue weighted by molar-refractivity contribution is 0.0602. The van der Waals surface area contributed by atoms with Crippen LogP contribution in [0.4, 0.5) is 10.5 Å². The number of carbonyl (C=O) groups excluding carboxylic acids is 2. The summed E-state index contributed by atoms with van der Waals surface area (Å²) in [5, 5.41) is 2.82. The highest BCUT2D eigenvalue weighted by Crippen LogP contribution is 2.23. The zero-order chi connectivity index (χ0) is 16.9. The number of benzene rings is 1. The second-order valence-corrected chi connectivity index (χ2v) is 5.82. The summed E-state index contributed by atoms with van der Waals surface area (Å²) in [4.78, 5) is 26.0. The Balaban J connectivity index is 1.62. The molecule has 1 N–H and O–H groups in total. The van der Waals surface area contributed by atoms with Gasteiger partial charge in [0.25, 0.3) is 0 Å². The number of nitrogens with zero attached hydrogens (tertiary/aromatic N) is 2. The van der Waals surface area contributed by atoms with Crippen LogP contribution in [0.3, 0.4) is 0 Å². The smallest absolute Gasteiger partial charge is 0.339 e. The Morgan fingerprint density at radius 3 is 2.42 bits per heavy atom. The van der Waals surface area contributed by atoms with E-state index >= 15 is 0 Å². The van der Waals surface area contributed by atoms with Crippen LogP contribution in [0, 0.1) is 0 Å². The van der Waals surface area contributed by atoms with Gasteiger partial charge in [-0.25, -0.2) is 9.59 Å². The number of rotatable bonds is 3. The van der Waals surface area contributed by atoms with E-state index in [1.54, 1.807) is 29.2 Å². The van der Waals surface area contributed by atoms with E-state index in [1.165, 1.54) is 7.11 Å². The van der Waals surface area contributed by atoms with E-state index in [0.29, 0.717) is 30.4 Å². The largest absolute Gasteiger partial charge is 0.465 e. The van der Waals surface area contributed by atoms with Crippen molar-refractivity contribution < 1.29 is 14.3 Å². The molecule has 1 aliphatic heterocycles. The number of esters is 1. The predicted octanol–water partition coefficient (Wildman–Crippen LogP) is 3.14. The highest BCUT2D eigenvalue weighted by molar-refractivity contribution is 6.00. The Kier molecular flexibility index (Phi) is 4.84. The maximum atomic E-state index is 12.5. The number of piperidine rings is 1. The third-order valence-corrected chi connectivity index (χ3v) is 4.37. The van der Waals surface area contributed by atoms with Gasteiger partial charge in [0, 0.05) is 31.5 Å². The third kappa shape index (κ3) is 3.42. The number of hydrogen-bond donors (Lipinski definition) is 1. The molecule has 0 saturated carbocycles. The molecular weight excluding hydrogens is 306 g/mol. The van der Waals surface area contributed by atoms with Gasteiger partial charge in [-0.1, -0.05) is 12.1 Å². The molecule has 2 aromatic rings. The van der Waals surface area contributed by atoms with Crippen LogP contribution < -0.4 is 5.32 Å². The van der Waals surface area contributed by atoms with Crippen LogP contribution in [0.5, 0.6) is 0 Å². The van der Waals surface area contributed by atoms with Gasteiger partial charge < -0.3 is 19.5 Å². The molecule has 3 rings (SSSR count). The Hall–Kier alpha value is -2.76. The molecule has 1 aromatic carbocycles. The molecule has 0 aliphatic carbocycles. The first-order chi connectivity index (χ1) is 11.7. The average Bonchev–Trinajstić information content (AvgIpc) is 3.16. The first-order valence-electron chi connectivity index (χ1n) is 8.05. The standard InChI is InChI=1S/C18H21N3O3/c1-24-17(22)15-6-2-3-7-16(15)19-18(23)21-12-8-14(9-13-21)20-10-4-5-11-20/h2-7,10-11,14H,8-9,12-13H2,1H3,(H,19,23). The summed E-state index contributed by atoms with van der Waals surface area (Å²) in [6.07, 6.45) is 5.96. The van der Waals surface area contributed by atoms with Gasteiger partial charge in [-0.2, -0.15) is 0 Å². The molecule has 6 heteroatoms. The fraction of sp³-hybridized carbons (Fsp3) is 0.333. The van der Waals surface area contributed by atoms with Crippen LogP contribution in [0.2, 0.25) is 0 Å². The normalized spacial score (nSPS) is 15.1. The van der Waals surface area contributed by atoms with Crippen molar-refractivity contribution in [2.45, 2.75) is 18.9 Å². The van der Waals surface area contributed by atoms with E-state index in [9.17, 15) is 9.59 Å². The lowest BCUT2D eigenvalue weighted by Crippen LogP contribution is -2.41. The molecule has 6 nitrogen and oxygen atoms in total. The number of amides is 2. The summed E-state index contributed by atoms with van der Waals surface area (Å²) < 4.78 is 6.95. The van der Waals surface area contributed by atoms with Crippen molar-refractivity contribution in [1.82, 2.24) is 9.47 Å². The fourth-order valence-corrected chi connectivity index (χ4v) is 3.03. The van der Waals surface area contributed by atoms with E-state index < -0.39 is 5.97 Å². The van der Waals surface area contributed by atoms with Gasteiger partial charge in [0.05, 0.1) is 18.4 Å². The highest BCUT2D eigenvalue weighted by atomic mass is 16.5. The molecule has 0 unspecified atom stereocenters. The van der Waals surface area contributed by atoms with Crippen LogP contribution in [-0.2, 0) is 4.74 Å². The monoisotopic (exact) mass is 327 g/mol. The maximum absolute atomic E-state index is 12.5. The number of hydrogen-bond acceptors (Lipinski definition) is 3. The molecule has 1 aliphatic rings.